The quantitative estimate of drug-likeness (QED) is 0.530. The summed E-state index contributed by atoms with van der Waals surface area (Å²) in [5, 5.41) is 10.6. The zero-order valence-corrected chi connectivity index (χ0v) is 7.61. The third-order valence-electron chi connectivity index (χ3n) is 1.86. The van der Waals surface area contributed by atoms with Crippen LogP contribution in [0.3, 0.4) is 0 Å². The van der Waals surface area contributed by atoms with Gasteiger partial charge >= 0.3 is 5.69 Å². The predicted molar refractivity (Wildman–Crippen MR) is 49.0 cm³/mol. The number of nitrogens with zero attached hydrogens (tertiary/aromatic N) is 1. The molecule has 1 aromatic rings. The molecule has 0 fully saturated rings. The molecule has 13 heavy (non-hydrogen) atoms. The molecular weight excluding hydrogens is 170 g/mol. The van der Waals surface area contributed by atoms with Gasteiger partial charge in [0.05, 0.1) is 12.0 Å². The number of nitro benzene ring substituents is 1. The Balaban J connectivity index is 3.27. The van der Waals surface area contributed by atoms with Crippen LogP contribution < -0.4 is 4.74 Å². The fraction of sp³-hybridized carbons (Fsp3) is 0.333. The first-order chi connectivity index (χ1) is 6.20. The van der Waals surface area contributed by atoms with E-state index in [0.29, 0.717) is 5.75 Å². The van der Waals surface area contributed by atoms with Crippen molar-refractivity contribution in [3.63, 3.8) is 0 Å². The van der Waals surface area contributed by atoms with E-state index >= 15 is 0 Å². The molecule has 0 heterocycles. The van der Waals surface area contributed by atoms with Gasteiger partial charge in [0.15, 0.2) is 5.75 Å². The molecule has 0 spiro atoms. The highest BCUT2D eigenvalue weighted by atomic mass is 16.6. The van der Waals surface area contributed by atoms with Crippen molar-refractivity contribution in [1.29, 1.82) is 0 Å². The van der Waals surface area contributed by atoms with Gasteiger partial charge in [0, 0.05) is 11.6 Å². The minimum absolute atomic E-state index is 0.0295. The van der Waals surface area contributed by atoms with E-state index in [2.05, 4.69) is 0 Å². The second-order valence-electron chi connectivity index (χ2n) is 2.58. The lowest BCUT2D eigenvalue weighted by atomic mass is 10.1. The van der Waals surface area contributed by atoms with E-state index in [1.54, 1.807) is 6.07 Å². The van der Waals surface area contributed by atoms with E-state index in [0.717, 1.165) is 12.0 Å². The Morgan fingerprint density at radius 2 is 2.23 bits per heavy atom. The molecular formula is C9H11NO3. The van der Waals surface area contributed by atoms with Crippen LogP contribution in [0, 0.1) is 10.1 Å². The Hall–Kier alpha value is -1.58. The first kappa shape index (κ1) is 9.51. The van der Waals surface area contributed by atoms with Crippen molar-refractivity contribution >= 4 is 5.69 Å². The van der Waals surface area contributed by atoms with Crippen molar-refractivity contribution in [3.05, 3.63) is 33.9 Å². The normalized spacial score (nSPS) is 9.69. The molecule has 0 saturated heterocycles. The topological polar surface area (TPSA) is 52.4 Å². The average molecular weight is 181 g/mol. The first-order valence-corrected chi connectivity index (χ1v) is 4.01. The van der Waals surface area contributed by atoms with Gasteiger partial charge in [-0.15, -0.1) is 0 Å². The SMILES string of the molecule is CCc1cccc([N+](=O)[O-])c1OC. The van der Waals surface area contributed by atoms with Crippen molar-refractivity contribution in [2.24, 2.45) is 0 Å². The summed E-state index contributed by atoms with van der Waals surface area (Å²) in [5.74, 6) is 0.370. The van der Waals surface area contributed by atoms with E-state index in [9.17, 15) is 10.1 Å². The molecule has 0 unspecified atom stereocenters. The van der Waals surface area contributed by atoms with Crippen LogP contribution in [0.2, 0.25) is 0 Å². The number of hydrogen-bond acceptors (Lipinski definition) is 3. The molecule has 0 bridgehead atoms. The molecule has 1 rings (SSSR count). The molecule has 4 heteroatoms. The third kappa shape index (κ3) is 1.77. The highest BCUT2D eigenvalue weighted by molar-refractivity contribution is 5.51. The van der Waals surface area contributed by atoms with Crippen molar-refractivity contribution in [2.45, 2.75) is 13.3 Å². The molecule has 1 aromatic carbocycles. The lowest BCUT2D eigenvalue weighted by Gasteiger charge is -2.05. The van der Waals surface area contributed by atoms with Crippen LogP contribution in [0.15, 0.2) is 18.2 Å². The van der Waals surface area contributed by atoms with Gasteiger partial charge in [-0.2, -0.15) is 0 Å². The highest BCUT2D eigenvalue weighted by Crippen LogP contribution is 2.30. The number of ether oxygens (including phenoxy) is 1. The predicted octanol–water partition coefficient (Wildman–Crippen LogP) is 2.17. The lowest BCUT2D eigenvalue weighted by molar-refractivity contribution is -0.385. The molecule has 4 nitrogen and oxygen atoms in total. The monoisotopic (exact) mass is 181 g/mol. The van der Waals surface area contributed by atoms with Gasteiger partial charge in [-0.1, -0.05) is 19.1 Å². The van der Waals surface area contributed by atoms with Crippen LogP contribution in [0.1, 0.15) is 12.5 Å². The van der Waals surface area contributed by atoms with E-state index in [1.807, 2.05) is 13.0 Å². The van der Waals surface area contributed by atoms with E-state index < -0.39 is 4.92 Å². The Morgan fingerprint density at radius 1 is 1.54 bits per heavy atom. The maximum absolute atomic E-state index is 10.6. The summed E-state index contributed by atoms with van der Waals surface area (Å²) in [6, 6.07) is 4.93. The lowest BCUT2D eigenvalue weighted by Crippen LogP contribution is -1.96. The summed E-state index contributed by atoms with van der Waals surface area (Å²) in [5.41, 5.74) is 0.888. The summed E-state index contributed by atoms with van der Waals surface area (Å²) in [4.78, 5) is 10.1. The second kappa shape index (κ2) is 3.89. The van der Waals surface area contributed by atoms with Crippen molar-refractivity contribution < 1.29 is 9.66 Å². The average Bonchev–Trinajstić information content (AvgIpc) is 2.16. The number of hydrogen-bond donors (Lipinski definition) is 0. The van der Waals surface area contributed by atoms with Gasteiger partial charge in [0.1, 0.15) is 0 Å². The van der Waals surface area contributed by atoms with Crippen LogP contribution in [-0.2, 0) is 6.42 Å². The minimum Gasteiger partial charge on any atom is -0.490 e. The molecule has 0 N–H and O–H groups in total. The number of methoxy groups -OCH3 is 1. The Kier molecular flexibility index (Phi) is 2.84. The summed E-state index contributed by atoms with van der Waals surface area (Å²) in [6.45, 7) is 1.93. The Bertz CT molecular complexity index is 323. The van der Waals surface area contributed by atoms with Gasteiger partial charge in [-0.05, 0) is 6.42 Å². The maximum Gasteiger partial charge on any atom is 0.311 e. The largest absolute Gasteiger partial charge is 0.490 e. The van der Waals surface area contributed by atoms with Crippen LogP contribution in [0.25, 0.3) is 0 Å². The smallest absolute Gasteiger partial charge is 0.311 e. The zero-order valence-electron chi connectivity index (χ0n) is 7.61. The Morgan fingerprint density at radius 3 is 2.69 bits per heavy atom. The molecule has 0 atom stereocenters. The molecule has 0 aliphatic carbocycles. The van der Waals surface area contributed by atoms with Crippen molar-refractivity contribution in [2.75, 3.05) is 7.11 Å². The van der Waals surface area contributed by atoms with Gasteiger partial charge in [0.25, 0.3) is 0 Å². The molecule has 0 saturated carbocycles. The van der Waals surface area contributed by atoms with Gasteiger partial charge < -0.3 is 4.74 Å². The summed E-state index contributed by atoms with van der Waals surface area (Å²) >= 11 is 0. The molecule has 0 aliphatic heterocycles. The molecule has 0 aliphatic rings. The number of para-hydroxylation sites is 1. The molecule has 70 valence electrons. The van der Waals surface area contributed by atoms with Crippen LogP contribution in [0.4, 0.5) is 5.69 Å². The van der Waals surface area contributed by atoms with Gasteiger partial charge in [-0.3, -0.25) is 10.1 Å². The van der Waals surface area contributed by atoms with Crippen LogP contribution in [-0.4, -0.2) is 12.0 Å². The van der Waals surface area contributed by atoms with E-state index in [4.69, 9.17) is 4.74 Å². The van der Waals surface area contributed by atoms with Crippen LogP contribution >= 0.6 is 0 Å². The minimum atomic E-state index is -0.433. The fourth-order valence-corrected chi connectivity index (χ4v) is 1.23. The second-order valence-corrected chi connectivity index (χ2v) is 2.58. The fourth-order valence-electron chi connectivity index (χ4n) is 1.23. The number of aryl methyl sites for hydroxylation is 1. The zero-order chi connectivity index (χ0) is 9.84. The van der Waals surface area contributed by atoms with E-state index in [1.165, 1.54) is 13.2 Å². The van der Waals surface area contributed by atoms with Crippen molar-refractivity contribution in [3.8, 4) is 5.75 Å². The number of rotatable bonds is 3. The Labute approximate surface area is 76.3 Å². The summed E-state index contributed by atoms with van der Waals surface area (Å²) in [6.07, 6.45) is 0.727. The maximum atomic E-state index is 10.6. The van der Waals surface area contributed by atoms with Gasteiger partial charge in [0.2, 0.25) is 0 Å². The number of benzene rings is 1. The first-order valence-electron chi connectivity index (χ1n) is 4.01. The van der Waals surface area contributed by atoms with Crippen LogP contribution in [0.5, 0.6) is 5.75 Å². The standard InChI is InChI=1S/C9H11NO3/c1-3-7-5-4-6-8(10(11)12)9(7)13-2/h4-6H,3H2,1-2H3. The molecule has 0 amide bonds. The highest BCUT2D eigenvalue weighted by Gasteiger charge is 2.16. The summed E-state index contributed by atoms with van der Waals surface area (Å²) in [7, 11) is 1.45. The van der Waals surface area contributed by atoms with E-state index in [-0.39, 0.29) is 5.69 Å². The van der Waals surface area contributed by atoms with Gasteiger partial charge in [-0.25, -0.2) is 0 Å². The third-order valence-corrected chi connectivity index (χ3v) is 1.86. The molecule has 0 radical (unpaired) electrons. The van der Waals surface area contributed by atoms with Crippen molar-refractivity contribution in [1.82, 2.24) is 0 Å². The molecule has 0 aromatic heterocycles. The number of nitro groups is 1. The summed E-state index contributed by atoms with van der Waals surface area (Å²) < 4.78 is 4.99.